The molecule has 0 aromatic heterocycles. The highest BCUT2D eigenvalue weighted by molar-refractivity contribution is 5.75. The van der Waals surface area contributed by atoms with Gasteiger partial charge in [-0.25, -0.2) is 0 Å². The maximum absolute atomic E-state index is 11.0. The van der Waals surface area contributed by atoms with E-state index in [0.29, 0.717) is 5.56 Å². The predicted molar refractivity (Wildman–Crippen MR) is 56.5 cm³/mol. The van der Waals surface area contributed by atoms with Gasteiger partial charge in [0.1, 0.15) is 6.04 Å². The van der Waals surface area contributed by atoms with Crippen LogP contribution in [-0.4, -0.2) is 28.8 Å². The Bertz CT molecular complexity index is 311. The summed E-state index contributed by atoms with van der Waals surface area (Å²) in [5, 5.41) is 20.9. The molecule has 0 aliphatic carbocycles. The van der Waals surface area contributed by atoms with Gasteiger partial charge < -0.3 is 10.2 Å². The fourth-order valence-corrected chi connectivity index (χ4v) is 1.28. The van der Waals surface area contributed by atoms with E-state index in [1.165, 1.54) is 0 Å². The number of aliphatic hydroxyl groups excluding tert-OH is 1. The molecule has 15 heavy (non-hydrogen) atoms. The van der Waals surface area contributed by atoms with Crippen LogP contribution in [0.4, 0.5) is 0 Å². The second-order valence-corrected chi connectivity index (χ2v) is 3.44. The van der Waals surface area contributed by atoms with Crippen molar-refractivity contribution in [1.29, 1.82) is 0 Å². The average molecular weight is 209 g/mol. The molecular weight excluding hydrogens is 194 g/mol. The topological polar surface area (TPSA) is 69.6 Å². The molecule has 0 aliphatic heterocycles. The fourth-order valence-electron chi connectivity index (χ4n) is 1.28. The van der Waals surface area contributed by atoms with Crippen LogP contribution in [-0.2, 0) is 4.79 Å². The van der Waals surface area contributed by atoms with Crippen molar-refractivity contribution in [2.45, 2.75) is 19.1 Å². The van der Waals surface area contributed by atoms with Gasteiger partial charge >= 0.3 is 5.97 Å². The van der Waals surface area contributed by atoms with E-state index < -0.39 is 18.1 Å². The van der Waals surface area contributed by atoms with Gasteiger partial charge in [-0.15, -0.1) is 0 Å². The van der Waals surface area contributed by atoms with E-state index in [9.17, 15) is 4.79 Å². The summed E-state index contributed by atoms with van der Waals surface area (Å²) in [4.78, 5) is 11.0. The number of nitrogens with one attached hydrogen (secondary N) is 1. The van der Waals surface area contributed by atoms with Crippen molar-refractivity contribution in [3.05, 3.63) is 35.9 Å². The summed E-state index contributed by atoms with van der Waals surface area (Å²) < 4.78 is 0. The van der Waals surface area contributed by atoms with Crippen molar-refractivity contribution in [3.8, 4) is 0 Å². The Morgan fingerprint density at radius 2 is 2.00 bits per heavy atom. The molecule has 0 aliphatic rings. The molecule has 0 radical (unpaired) electrons. The first-order valence-corrected chi connectivity index (χ1v) is 4.80. The van der Waals surface area contributed by atoms with Crippen molar-refractivity contribution < 1.29 is 15.0 Å². The highest BCUT2D eigenvalue weighted by atomic mass is 16.4. The van der Waals surface area contributed by atoms with Gasteiger partial charge in [-0.1, -0.05) is 30.3 Å². The Morgan fingerprint density at radius 3 is 2.47 bits per heavy atom. The maximum Gasteiger partial charge on any atom is 0.325 e. The van der Waals surface area contributed by atoms with Crippen LogP contribution in [0.15, 0.2) is 30.3 Å². The van der Waals surface area contributed by atoms with Crippen molar-refractivity contribution >= 4 is 5.97 Å². The van der Waals surface area contributed by atoms with Crippen LogP contribution in [0.1, 0.15) is 18.5 Å². The number of benzene rings is 1. The smallest absolute Gasteiger partial charge is 0.325 e. The molecule has 2 atom stereocenters. The number of carbonyl (C=O) groups is 1. The number of carboxylic acids is 1. The first kappa shape index (κ1) is 11.7. The standard InChI is InChI=1S/C11H15NO3/c1-8(13)7-12-10(11(14)15)9-5-3-2-4-6-9/h2-6,8,10,12-13H,7H2,1H3,(H,14,15)/t8-,10?/m0/s1. The third-order valence-electron chi connectivity index (χ3n) is 2.00. The molecule has 1 aromatic rings. The van der Waals surface area contributed by atoms with Crippen LogP contribution in [0, 0.1) is 0 Å². The predicted octanol–water partition coefficient (Wildman–Crippen LogP) is 0.783. The summed E-state index contributed by atoms with van der Waals surface area (Å²) >= 11 is 0. The van der Waals surface area contributed by atoms with Gasteiger partial charge in [0.25, 0.3) is 0 Å². The molecule has 1 unspecified atom stereocenters. The first-order valence-electron chi connectivity index (χ1n) is 4.80. The van der Waals surface area contributed by atoms with E-state index in [1.807, 2.05) is 6.07 Å². The molecular formula is C11H15NO3. The number of carboxylic acid groups (broad SMARTS) is 1. The molecule has 0 spiro atoms. The van der Waals surface area contributed by atoms with Crippen molar-refractivity contribution in [3.63, 3.8) is 0 Å². The lowest BCUT2D eigenvalue weighted by Gasteiger charge is -2.15. The van der Waals surface area contributed by atoms with E-state index in [1.54, 1.807) is 31.2 Å². The second kappa shape index (κ2) is 5.48. The third kappa shape index (κ3) is 3.69. The highest BCUT2D eigenvalue weighted by Crippen LogP contribution is 2.12. The quantitative estimate of drug-likeness (QED) is 0.670. The zero-order chi connectivity index (χ0) is 11.3. The number of aliphatic carboxylic acids is 1. The van der Waals surface area contributed by atoms with Gasteiger partial charge in [-0.2, -0.15) is 0 Å². The molecule has 0 heterocycles. The van der Waals surface area contributed by atoms with Gasteiger partial charge in [0.15, 0.2) is 0 Å². The van der Waals surface area contributed by atoms with E-state index >= 15 is 0 Å². The first-order chi connectivity index (χ1) is 7.11. The van der Waals surface area contributed by atoms with Gasteiger partial charge in [0.05, 0.1) is 6.10 Å². The molecule has 4 heteroatoms. The molecule has 82 valence electrons. The van der Waals surface area contributed by atoms with E-state index in [2.05, 4.69) is 5.32 Å². The molecule has 3 N–H and O–H groups in total. The molecule has 0 saturated heterocycles. The van der Waals surface area contributed by atoms with Crippen LogP contribution in [0.5, 0.6) is 0 Å². The summed E-state index contributed by atoms with van der Waals surface area (Å²) in [6, 6.07) is 8.13. The molecule has 0 amide bonds. The number of hydrogen-bond acceptors (Lipinski definition) is 3. The van der Waals surface area contributed by atoms with Gasteiger partial charge in [0, 0.05) is 6.54 Å². The van der Waals surface area contributed by atoms with Crippen LogP contribution in [0.2, 0.25) is 0 Å². The Hall–Kier alpha value is -1.39. The zero-order valence-corrected chi connectivity index (χ0v) is 8.55. The lowest BCUT2D eigenvalue weighted by Crippen LogP contribution is -2.33. The largest absolute Gasteiger partial charge is 0.480 e. The molecule has 4 nitrogen and oxygen atoms in total. The van der Waals surface area contributed by atoms with E-state index in [-0.39, 0.29) is 6.54 Å². The molecule has 0 fully saturated rings. The van der Waals surface area contributed by atoms with Crippen LogP contribution in [0.25, 0.3) is 0 Å². The highest BCUT2D eigenvalue weighted by Gasteiger charge is 2.18. The average Bonchev–Trinajstić information content (AvgIpc) is 2.18. The fraction of sp³-hybridized carbons (Fsp3) is 0.364. The Morgan fingerprint density at radius 1 is 1.40 bits per heavy atom. The van der Waals surface area contributed by atoms with Crippen molar-refractivity contribution in [1.82, 2.24) is 5.32 Å². The summed E-state index contributed by atoms with van der Waals surface area (Å²) in [6.07, 6.45) is -0.560. The van der Waals surface area contributed by atoms with Crippen LogP contribution < -0.4 is 5.32 Å². The number of rotatable bonds is 5. The summed E-state index contributed by atoms with van der Waals surface area (Å²) in [5.74, 6) is -0.943. The lowest BCUT2D eigenvalue weighted by molar-refractivity contribution is -0.139. The molecule has 0 bridgehead atoms. The van der Waals surface area contributed by atoms with Gasteiger partial charge in [-0.05, 0) is 12.5 Å². The SMILES string of the molecule is C[C@H](O)CNC(C(=O)O)c1ccccc1. The molecule has 1 rings (SSSR count). The Balaban J connectivity index is 2.71. The van der Waals surface area contributed by atoms with Crippen molar-refractivity contribution in [2.75, 3.05) is 6.54 Å². The minimum absolute atomic E-state index is 0.256. The minimum atomic E-state index is -0.943. The Kier molecular flexibility index (Phi) is 4.27. The summed E-state index contributed by atoms with van der Waals surface area (Å²) in [5.41, 5.74) is 0.686. The van der Waals surface area contributed by atoms with Crippen LogP contribution >= 0.6 is 0 Å². The zero-order valence-electron chi connectivity index (χ0n) is 8.55. The summed E-state index contributed by atoms with van der Waals surface area (Å²) in [6.45, 7) is 1.86. The van der Waals surface area contributed by atoms with Gasteiger partial charge in [-0.3, -0.25) is 10.1 Å². The monoisotopic (exact) mass is 209 g/mol. The van der Waals surface area contributed by atoms with Crippen LogP contribution in [0.3, 0.4) is 0 Å². The molecule has 0 saturated carbocycles. The van der Waals surface area contributed by atoms with E-state index in [4.69, 9.17) is 10.2 Å². The third-order valence-corrected chi connectivity index (χ3v) is 2.00. The lowest BCUT2D eigenvalue weighted by atomic mass is 10.1. The molecule has 1 aromatic carbocycles. The normalized spacial score (nSPS) is 14.5. The second-order valence-electron chi connectivity index (χ2n) is 3.44. The van der Waals surface area contributed by atoms with Crippen molar-refractivity contribution in [2.24, 2.45) is 0 Å². The van der Waals surface area contributed by atoms with E-state index in [0.717, 1.165) is 0 Å². The van der Waals surface area contributed by atoms with Gasteiger partial charge in [0.2, 0.25) is 0 Å². The minimum Gasteiger partial charge on any atom is -0.480 e. The maximum atomic E-state index is 11.0. The summed E-state index contributed by atoms with van der Waals surface area (Å²) in [7, 11) is 0. The Labute approximate surface area is 88.6 Å². The number of hydrogen-bond donors (Lipinski definition) is 3. The number of aliphatic hydroxyl groups is 1.